The first-order valence-corrected chi connectivity index (χ1v) is 4.49. The van der Waals surface area contributed by atoms with Crippen molar-refractivity contribution in [2.75, 3.05) is 0 Å². The van der Waals surface area contributed by atoms with E-state index in [2.05, 4.69) is 18.2 Å². The number of rotatable bonds is 1. The van der Waals surface area contributed by atoms with Crippen molar-refractivity contribution in [2.24, 2.45) is 0 Å². The van der Waals surface area contributed by atoms with Gasteiger partial charge in [0, 0.05) is 0 Å². The van der Waals surface area contributed by atoms with Crippen LogP contribution in [0.1, 0.15) is 6.42 Å². The minimum atomic E-state index is 0. The molecule has 0 nitrogen and oxygen atoms in total. The summed E-state index contributed by atoms with van der Waals surface area (Å²) in [6, 6.07) is 0. The first-order chi connectivity index (χ1) is 3.43. The summed E-state index contributed by atoms with van der Waals surface area (Å²) >= 11 is 1.38. The molecule has 0 aliphatic heterocycles. The number of hydrogen-bond donors (Lipinski definition) is 0. The van der Waals surface area contributed by atoms with Crippen LogP contribution >= 0.6 is 0 Å². The maximum atomic E-state index is 2.23. The Morgan fingerprint density at radius 2 is 2.11 bits per heavy atom. The molecule has 0 fully saturated rings. The molecule has 0 amide bonds. The molecule has 1 aliphatic carbocycles. The van der Waals surface area contributed by atoms with Gasteiger partial charge in [-0.2, -0.15) is 0 Å². The standard InChI is InChI=1S/C6H7.2ClH.Y/c1-6-4-2-3-5-6;;;/h2-4H,1,5H2;2*1H;/q;;;+2/p-2. The van der Waals surface area contributed by atoms with E-state index in [0.717, 1.165) is 0 Å². The van der Waals surface area contributed by atoms with Gasteiger partial charge in [0.15, 0.2) is 0 Å². The van der Waals surface area contributed by atoms with Gasteiger partial charge < -0.3 is 24.8 Å². The Kier molecular flexibility index (Phi) is 10.3. The SMILES string of the molecule is [Cl-].[Cl-].[Y+2][CH2]C1=CC=CC1. The van der Waals surface area contributed by atoms with Crippen molar-refractivity contribution in [1.29, 1.82) is 0 Å². The van der Waals surface area contributed by atoms with Crippen LogP contribution < -0.4 is 24.8 Å². The fraction of sp³-hybridized carbons (Fsp3) is 0.333. The average Bonchev–Trinajstić information content (AvgIpc) is 2.14. The molecular weight excluding hydrogens is 232 g/mol. The third kappa shape index (κ3) is 4.55. The molecular formula is C6H7Cl2Y. The zero-order chi connectivity index (χ0) is 5.11. The van der Waals surface area contributed by atoms with Crippen molar-refractivity contribution >= 4 is 0 Å². The molecule has 1 rings (SSSR count). The Balaban J connectivity index is 0. The maximum absolute atomic E-state index is 2.23. The van der Waals surface area contributed by atoms with Crippen LogP contribution in [0.4, 0.5) is 0 Å². The molecule has 48 valence electrons. The van der Waals surface area contributed by atoms with Crippen LogP contribution in [0.2, 0.25) is 3.23 Å². The Morgan fingerprint density at radius 3 is 2.33 bits per heavy atom. The van der Waals surface area contributed by atoms with E-state index in [9.17, 15) is 0 Å². The van der Waals surface area contributed by atoms with Crippen molar-refractivity contribution < 1.29 is 55.8 Å². The predicted octanol–water partition coefficient (Wildman–Crippen LogP) is -4.15. The molecule has 0 heterocycles. The molecule has 0 unspecified atom stereocenters. The molecule has 0 aromatic carbocycles. The molecule has 0 N–H and O–H groups in total. The third-order valence-corrected chi connectivity index (χ3v) is 2.40. The van der Waals surface area contributed by atoms with Gasteiger partial charge in [0.25, 0.3) is 0 Å². The van der Waals surface area contributed by atoms with Crippen LogP contribution in [0, 0.1) is 0 Å². The van der Waals surface area contributed by atoms with Gasteiger partial charge in [-0.05, 0) is 0 Å². The Labute approximate surface area is 88.4 Å². The van der Waals surface area contributed by atoms with Crippen molar-refractivity contribution in [3.63, 3.8) is 0 Å². The molecule has 0 aromatic heterocycles. The summed E-state index contributed by atoms with van der Waals surface area (Å²) in [4.78, 5) is 0. The summed E-state index contributed by atoms with van der Waals surface area (Å²) in [6.45, 7) is 0. The van der Waals surface area contributed by atoms with Crippen LogP contribution in [0.25, 0.3) is 0 Å². The van der Waals surface area contributed by atoms with E-state index in [1.807, 2.05) is 0 Å². The van der Waals surface area contributed by atoms with Crippen molar-refractivity contribution in [2.45, 2.75) is 9.65 Å². The van der Waals surface area contributed by atoms with E-state index in [-0.39, 0.29) is 24.8 Å². The molecule has 0 radical (unpaired) electrons. The fourth-order valence-electron chi connectivity index (χ4n) is 0.643. The Bertz CT molecular complexity index is 118. The van der Waals surface area contributed by atoms with Gasteiger partial charge in [-0.3, -0.25) is 0 Å². The Hall–Kier alpha value is 1.16. The first-order valence-electron chi connectivity index (χ1n) is 2.48. The van der Waals surface area contributed by atoms with Crippen LogP contribution in [0.5, 0.6) is 0 Å². The summed E-state index contributed by atoms with van der Waals surface area (Å²) < 4.78 is 1.35. The van der Waals surface area contributed by atoms with Crippen LogP contribution in [-0.4, -0.2) is 0 Å². The van der Waals surface area contributed by atoms with E-state index >= 15 is 0 Å². The second-order valence-corrected chi connectivity index (χ2v) is 2.66. The molecule has 0 bridgehead atoms. The monoisotopic (exact) mass is 238 g/mol. The minimum absolute atomic E-state index is 0. The average molecular weight is 239 g/mol. The fourth-order valence-corrected chi connectivity index (χ4v) is 1.39. The molecule has 0 aromatic rings. The van der Waals surface area contributed by atoms with E-state index in [1.165, 1.54) is 40.6 Å². The Morgan fingerprint density at radius 1 is 1.44 bits per heavy atom. The van der Waals surface area contributed by atoms with Crippen molar-refractivity contribution in [1.82, 2.24) is 0 Å². The molecule has 1 aliphatic rings. The zero-order valence-corrected chi connectivity index (χ0v) is 9.33. The zero-order valence-electron chi connectivity index (χ0n) is 4.98. The summed E-state index contributed by atoms with van der Waals surface area (Å²) in [6.07, 6.45) is 7.81. The summed E-state index contributed by atoms with van der Waals surface area (Å²) in [5, 5.41) is 0. The van der Waals surface area contributed by atoms with Crippen LogP contribution in [0.3, 0.4) is 0 Å². The van der Waals surface area contributed by atoms with Gasteiger partial charge >= 0.3 is 64.4 Å². The van der Waals surface area contributed by atoms with Crippen molar-refractivity contribution in [3.8, 4) is 0 Å². The second-order valence-electron chi connectivity index (χ2n) is 1.66. The molecule has 0 saturated heterocycles. The molecule has 0 atom stereocenters. The quantitative estimate of drug-likeness (QED) is 0.435. The van der Waals surface area contributed by atoms with Gasteiger partial charge in [-0.1, -0.05) is 0 Å². The topological polar surface area (TPSA) is 0 Å². The van der Waals surface area contributed by atoms with Crippen LogP contribution in [-0.2, 0) is 31.0 Å². The number of hydrogen-bond acceptors (Lipinski definition) is 0. The molecule has 3 heteroatoms. The van der Waals surface area contributed by atoms with Gasteiger partial charge in [0.1, 0.15) is 0 Å². The van der Waals surface area contributed by atoms with Gasteiger partial charge in [-0.15, -0.1) is 0 Å². The van der Waals surface area contributed by atoms with Gasteiger partial charge in [-0.25, -0.2) is 0 Å². The summed E-state index contributed by atoms with van der Waals surface area (Å²) in [7, 11) is 0. The normalized spacial score (nSPS) is 13.8. The molecule has 9 heavy (non-hydrogen) atoms. The first kappa shape index (κ1) is 12.8. The van der Waals surface area contributed by atoms with E-state index < -0.39 is 0 Å². The third-order valence-electron chi connectivity index (χ3n) is 1.11. The van der Waals surface area contributed by atoms with Crippen LogP contribution in [0.15, 0.2) is 23.8 Å². The van der Waals surface area contributed by atoms with E-state index in [4.69, 9.17) is 0 Å². The van der Waals surface area contributed by atoms with E-state index in [1.54, 1.807) is 5.57 Å². The van der Waals surface area contributed by atoms with Gasteiger partial charge in [0.05, 0.1) is 0 Å². The van der Waals surface area contributed by atoms with Gasteiger partial charge in [0.2, 0.25) is 0 Å². The number of halogens is 2. The van der Waals surface area contributed by atoms with Crippen molar-refractivity contribution in [3.05, 3.63) is 23.8 Å². The molecule has 0 saturated carbocycles. The van der Waals surface area contributed by atoms with E-state index in [0.29, 0.717) is 0 Å². The second kappa shape index (κ2) is 7.27. The summed E-state index contributed by atoms with van der Waals surface area (Å²) in [5.74, 6) is 0. The summed E-state index contributed by atoms with van der Waals surface area (Å²) in [5.41, 5.74) is 1.61. The molecule has 0 spiro atoms. The number of allylic oxidation sites excluding steroid dienone is 4. The predicted molar refractivity (Wildman–Crippen MR) is 26.6 cm³/mol.